The Bertz CT molecular complexity index is 761. The Morgan fingerprint density at radius 2 is 2.05 bits per heavy atom. The number of thiol groups is 1. The monoisotopic (exact) mass is 333 g/mol. The molecular weight excluding hydrogens is 318 g/mol. The van der Waals surface area contributed by atoms with Gasteiger partial charge in [-0.25, -0.2) is 0 Å². The van der Waals surface area contributed by atoms with Crippen LogP contribution in [0.15, 0.2) is 36.4 Å². The van der Waals surface area contributed by atoms with Crippen molar-refractivity contribution in [2.24, 2.45) is 0 Å². The van der Waals surface area contributed by atoms with Gasteiger partial charge in [0.15, 0.2) is 0 Å². The van der Waals surface area contributed by atoms with E-state index in [2.05, 4.69) is 18.7 Å². The molecule has 3 rings (SSSR count). The van der Waals surface area contributed by atoms with E-state index >= 15 is 0 Å². The molecule has 1 aliphatic heterocycles. The average molecular weight is 333 g/mol. The molecule has 1 fully saturated rings. The summed E-state index contributed by atoms with van der Waals surface area (Å²) >= 11 is 5.71. The minimum atomic E-state index is -1.67. The molecule has 0 aliphatic carbocycles. The maximum atomic E-state index is 11.1. The lowest BCUT2D eigenvalue weighted by Gasteiger charge is -2.44. The van der Waals surface area contributed by atoms with Crippen LogP contribution in [0.5, 0.6) is 0 Å². The Morgan fingerprint density at radius 1 is 1.27 bits per heavy atom. The fourth-order valence-corrected chi connectivity index (χ4v) is 4.47. The summed E-state index contributed by atoms with van der Waals surface area (Å²) in [7, 11) is 0. The number of aliphatic hydroxyl groups is 3. The lowest BCUT2D eigenvalue weighted by Crippen LogP contribution is -2.55. The first-order valence-electron chi connectivity index (χ1n) is 6.80. The molecule has 22 heavy (non-hydrogen) atoms. The third kappa shape index (κ3) is 2.30. The van der Waals surface area contributed by atoms with Crippen LogP contribution >= 0.6 is 24.4 Å². The van der Waals surface area contributed by atoms with Crippen LogP contribution in [0.3, 0.4) is 0 Å². The van der Waals surface area contributed by atoms with Gasteiger partial charge in [-0.2, -0.15) is 17.9 Å². The van der Waals surface area contributed by atoms with E-state index in [1.165, 1.54) is 11.8 Å². The molecule has 0 amide bonds. The van der Waals surface area contributed by atoms with Crippen LogP contribution in [0.4, 0.5) is 0 Å². The summed E-state index contributed by atoms with van der Waals surface area (Å²) in [5.41, 5.74) is -0.634. The highest BCUT2D eigenvalue weighted by atomic mass is 32.2. The van der Waals surface area contributed by atoms with Crippen LogP contribution in [0.2, 0.25) is 0 Å². The number of nitrogens with zero attached hydrogens (tertiary/aromatic N) is 1. The smallest absolute Gasteiger partial charge is 0.139 e. The summed E-state index contributed by atoms with van der Waals surface area (Å²) in [4.78, 5) is 0. The Kier molecular flexibility index (Phi) is 4.10. The van der Waals surface area contributed by atoms with Crippen molar-refractivity contribution < 1.29 is 15.3 Å². The van der Waals surface area contributed by atoms with Gasteiger partial charge >= 0.3 is 0 Å². The molecule has 2 aromatic rings. The van der Waals surface area contributed by atoms with Crippen molar-refractivity contribution in [2.45, 2.75) is 22.4 Å². The predicted octanol–water partition coefficient (Wildman–Crippen LogP) is 1.62. The topological polar surface area (TPSA) is 84.5 Å². The van der Waals surface area contributed by atoms with Gasteiger partial charge in [0.1, 0.15) is 11.7 Å². The minimum Gasteiger partial charge on any atom is -0.389 e. The highest BCUT2D eigenvalue weighted by Gasteiger charge is 2.51. The van der Waals surface area contributed by atoms with E-state index in [1.54, 1.807) is 30.3 Å². The molecule has 0 radical (unpaired) electrons. The van der Waals surface area contributed by atoms with E-state index in [0.29, 0.717) is 16.9 Å². The lowest BCUT2D eigenvalue weighted by molar-refractivity contribution is -0.119. The van der Waals surface area contributed by atoms with Crippen LogP contribution < -0.4 is 0 Å². The molecule has 6 heteroatoms. The standard InChI is InChI=1S/C16H15NO3S2/c17-7-9-4-5-11-10(6-9)2-1-3-12(11)16(20)14(19)13(18)8-22-15(16)21/h1-6,13-15,18-21H,8H2/t13-,14+,15-,16-/m1/s1. The Balaban J connectivity index is 2.22. The number of thioether (sulfide) groups is 1. The first-order valence-corrected chi connectivity index (χ1v) is 8.36. The molecule has 3 N–H and O–H groups in total. The van der Waals surface area contributed by atoms with Crippen LogP contribution in [0.1, 0.15) is 11.1 Å². The minimum absolute atomic E-state index is 0.320. The van der Waals surface area contributed by atoms with Crippen LogP contribution in [-0.2, 0) is 5.60 Å². The summed E-state index contributed by atoms with van der Waals surface area (Å²) < 4.78 is -0.563. The van der Waals surface area contributed by atoms with Crippen molar-refractivity contribution in [3.8, 4) is 6.07 Å². The first kappa shape index (κ1) is 15.7. The molecule has 0 bridgehead atoms. The molecule has 0 spiro atoms. The van der Waals surface area contributed by atoms with Crippen LogP contribution in [-0.4, -0.2) is 37.9 Å². The van der Waals surface area contributed by atoms with Crippen LogP contribution in [0, 0.1) is 11.3 Å². The van der Waals surface area contributed by atoms with E-state index < -0.39 is 22.4 Å². The van der Waals surface area contributed by atoms with Crippen molar-refractivity contribution in [3.63, 3.8) is 0 Å². The van der Waals surface area contributed by atoms with Gasteiger partial charge in [0.05, 0.1) is 22.3 Å². The van der Waals surface area contributed by atoms with Crippen molar-refractivity contribution >= 4 is 35.2 Å². The maximum absolute atomic E-state index is 11.1. The molecule has 114 valence electrons. The fourth-order valence-electron chi connectivity index (χ4n) is 2.84. The molecule has 1 aliphatic rings. The summed E-state index contributed by atoms with van der Waals surface area (Å²) in [6.07, 6.45) is -2.34. The van der Waals surface area contributed by atoms with Crippen molar-refractivity contribution in [3.05, 3.63) is 47.5 Å². The molecule has 0 saturated carbocycles. The number of benzene rings is 2. The van der Waals surface area contributed by atoms with Gasteiger partial charge in [-0.1, -0.05) is 24.3 Å². The number of nitriles is 1. The third-order valence-electron chi connectivity index (χ3n) is 4.06. The van der Waals surface area contributed by atoms with Gasteiger partial charge in [0, 0.05) is 5.75 Å². The molecule has 1 saturated heterocycles. The summed E-state index contributed by atoms with van der Waals surface area (Å²) in [6, 6.07) is 12.6. The molecule has 0 unspecified atom stereocenters. The summed E-state index contributed by atoms with van der Waals surface area (Å²) in [5.74, 6) is 0.320. The molecule has 4 atom stereocenters. The molecule has 0 aromatic heterocycles. The SMILES string of the molecule is N#Cc1ccc2c([C@]3(O)[C@H](S)SC[C@@H](O)[C@@H]3O)cccc2c1. The van der Waals surface area contributed by atoms with Gasteiger partial charge in [0.2, 0.25) is 0 Å². The van der Waals surface area contributed by atoms with E-state index in [1.807, 2.05) is 6.07 Å². The first-order chi connectivity index (χ1) is 10.5. The van der Waals surface area contributed by atoms with Crippen molar-refractivity contribution in [1.82, 2.24) is 0 Å². The molecule has 1 heterocycles. The largest absolute Gasteiger partial charge is 0.389 e. The van der Waals surface area contributed by atoms with E-state index in [9.17, 15) is 15.3 Å². The molecule has 2 aromatic carbocycles. The number of hydrogen-bond acceptors (Lipinski definition) is 6. The number of rotatable bonds is 1. The van der Waals surface area contributed by atoms with Gasteiger partial charge in [-0.3, -0.25) is 0 Å². The van der Waals surface area contributed by atoms with E-state index in [0.717, 1.165) is 10.8 Å². The second-order valence-electron chi connectivity index (χ2n) is 5.38. The Labute approximate surface area is 137 Å². The summed E-state index contributed by atoms with van der Waals surface area (Å²) in [5, 5.41) is 41.9. The van der Waals surface area contributed by atoms with Gasteiger partial charge in [-0.15, -0.1) is 11.8 Å². The normalized spacial score (nSPS) is 31.9. The zero-order valence-electron chi connectivity index (χ0n) is 11.5. The zero-order valence-corrected chi connectivity index (χ0v) is 13.3. The van der Waals surface area contributed by atoms with Crippen molar-refractivity contribution in [1.29, 1.82) is 5.26 Å². The second-order valence-corrected chi connectivity index (χ2v) is 7.38. The highest BCUT2D eigenvalue weighted by molar-refractivity contribution is 8.10. The van der Waals surface area contributed by atoms with Gasteiger partial charge < -0.3 is 15.3 Å². The third-order valence-corrected chi connectivity index (χ3v) is 6.11. The lowest BCUT2D eigenvalue weighted by atomic mass is 9.83. The quantitative estimate of drug-likeness (QED) is 0.596. The maximum Gasteiger partial charge on any atom is 0.139 e. The number of hydrogen-bond donors (Lipinski definition) is 4. The Hall–Kier alpha value is -1.23. The highest BCUT2D eigenvalue weighted by Crippen LogP contribution is 2.45. The van der Waals surface area contributed by atoms with Crippen LogP contribution in [0.25, 0.3) is 10.8 Å². The number of fused-ring (bicyclic) bond motifs is 1. The van der Waals surface area contributed by atoms with E-state index in [-0.39, 0.29) is 0 Å². The molecule has 4 nitrogen and oxygen atoms in total. The Morgan fingerprint density at radius 3 is 2.77 bits per heavy atom. The summed E-state index contributed by atoms with van der Waals surface area (Å²) in [6.45, 7) is 0. The second kappa shape index (κ2) is 5.76. The van der Waals surface area contributed by atoms with Gasteiger partial charge in [-0.05, 0) is 28.5 Å². The average Bonchev–Trinajstić information content (AvgIpc) is 2.55. The van der Waals surface area contributed by atoms with Gasteiger partial charge in [0.25, 0.3) is 0 Å². The van der Waals surface area contributed by atoms with E-state index in [4.69, 9.17) is 5.26 Å². The fraction of sp³-hybridized carbons (Fsp3) is 0.312. The number of aliphatic hydroxyl groups excluding tert-OH is 2. The molecular formula is C16H15NO3S2. The predicted molar refractivity (Wildman–Crippen MR) is 89.8 cm³/mol. The van der Waals surface area contributed by atoms with Crippen molar-refractivity contribution in [2.75, 3.05) is 5.75 Å². The zero-order chi connectivity index (χ0) is 15.9.